The summed E-state index contributed by atoms with van der Waals surface area (Å²) >= 11 is 0. The summed E-state index contributed by atoms with van der Waals surface area (Å²) in [6.45, 7) is 1.79. The van der Waals surface area contributed by atoms with Gasteiger partial charge >= 0.3 is 5.97 Å². The summed E-state index contributed by atoms with van der Waals surface area (Å²) in [6, 6.07) is -0.758. The molecule has 6 heteroatoms. The molecule has 0 saturated carbocycles. The van der Waals surface area contributed by atoms with Crippen LogP contribution in [0, 0.1) is 5.92 Å². The Morgan fingerprint density at radius 3 is 3.24 bits per heavy atom. The summed E-state index contributed by atoms with van der Waals surface area (Å²) < 4.78 is 12.0. The molecule has 2 heterocycles. The lowest BCUT2D eigenvalue weighted by molar-refractivity contribution is -0.146. The number of aromatic nitrogens is 2. The zero-order valence-electron chi connectivity index (χ0n) is 9.83. The third-order valence-electron chi connectivity index (χ3n) is 2.82. The van der Waals surface area contributed by atoms with Gasteiger partial charge in [0.25, 0.3) is 0 Å². The van der Waals surface area contributed by atoms with Gasteiger partial charge in [0.1, 0.15) is 6.04 Å². The number of carbonyl (C=O) groups excluding carboxylic acids is 1. The summed E-state index contributed by atoms with van der Waals surface area (Å²) in [5.41, 5.74) is 6.44. The van der Waals surface area contributed by atoms with Gasteiger partial charge in [-0.05, 0) is 6.42 Å². The smallest absolute Gasteiger partial charge is 0.327 e. The molecule has 1 aromatic heterocycles. The fourth-order valence-electron chi connectivity index (χ4n) is 1.74. The van der Waals surface area contributed by atoms with Gasteiger partial charge in [-0.25, -0.2) is 4.79 Å². The topological polar surface area (TPSA) is 79.4 Å². The van der Waals surface area contributed by atoms with E-state index in [1.165, 1.54) is 0 Å². The molecule has 0 radical (unpaired) electrons. The molecule has 2 rings (SSSR count). The highest BCUT2D eigenvalue weighted by Gasteiger charge is 2.22. The van der Waals surface area contributed by atoms with Crippen LogP contribution in [0.5, 0.6) is 0 Å². The lowest BCUT2D eigenvalue weighted by Crippen LogP contribution is -2.25. The van der Waals surface area contributed by atoms with E-state index in [4.69, 9.17) is 15.2 Å². The van der Waals surface area contributed by atoms with Crippen LogP contribution < -0.4 is 5.73 Å². The van der Waals surface area contributed by atoms with E-state index in [1.54, 1.807) is 24.1 Å². The van der Waals surface area contributed by atoms with Crippen LogP contribution in [0.15, 0.2) is 12.4 Å². The zero-order valence-corrected chi connectivity index (χ0v) is 9.83. The highest BCUT2D eigenvalue weighted by molar-refractivity contribution is 5.77. The van der Waals surface area contributed by atoms with Gasteiger partial charge in [-0.1, -0.05) is 0 Å². The van der Waals surface area contributed by atoms with Crippen molar-refractivity contribution >= 4 is 5.97 Å². The van der Waals surface area contributed by atoms with Crippen molar-refractivity contribution in [2.24, 2.45) is 18.7 Å². The van der Waals surface area contributed by atoms with Gasteiger partial charge in [-0.15, -0.1) is 0 Å². The number of hydrogen-bond donors (Lipinski definition) is 1. The molecule has 17 heavy (non-hydrogen) atoms. The molecule has 0 bridgehead atoms. The van der Waals surface area contributed by atoms with Gasteiger partial charge < -0.3 is 15.2 Å². The van der Waals surface area contributed by atoms with Crippen LogP contribution in [0.2, 0.25) is 0 Å². The van der Waals surface area contributed by atoms with Crippen molar-refractivity contribution in [1.82, 2.24) is 9.78 Å². The second kappa shape index (κ2) is 5.29. The number of hydrogen-bond acceptors (Lipinski definition) is 5. The van der Waals surface area contributed by atoms with Crippen LogP contribution >= 0.6 is 0 Å². The molecule has 1 aliphatic heterocycles. The first kappa shape index (κ1) is 12.1. The van der Waals surface area contributed by atoms with Crippen molar-refractivity contribution in [1.29, 1.82) is 0 Å². The lowest BCUT2D eigenvalue weighted by atomic mass is 10.1. The summed E-state index contributed by atoms with van der Waals surface area (Å²) in [5.74, 6) is -0.107. The normalized spacial score (nSPS) is 21.4. The summed E-state index contributed by atoms with van der Waals surface area (Å²) in [5, 5.41) is 3.97. The van der Waals surface area contributed by atoms with Crippen LogP contribution in [0.4, 0.5) is 0 Å². The van der Waals surface area contributed by atoms with Crippen LogP contribution in [0.3, 0.4) is 0 Å². The predicted octanol–water partition coefficient (Wildman–Crippen LogP) is -0.000400. The van der Waals surface area contributed by atoms with E-state index in [9.17, 15) is 4.79 Å². The summed E-state index contributed by atoms with van der Waals surface area (Å²) in [6.07, 6.45) is 4.23. The van der Waals surface area contributed by atoms with Gasteiger partial charge in [-0.3, -0.25) is 4.68 Å². The van der Waals surface area contributed by atoms with Crippen molar-refractivity contribution in [3.63, 3.8) is 0 Å². The Balaban J connectivity index is 1.82. The fourth-order valence-corrected chi connectivity index (χ4v) is 1.74. The molecule has 0 aliphatic carbocycles. The van der Waals surface area contributed by atoms with Gasteiger partial charge in [0, 0.05) is 31.3 Å². The minimum absolute atomic E-state index is 0.306. The van der Waals surface area contributed by atoms with Gasteiger partial charge in [0.2, 0.25) is 0 Å². The number of rotatable bonds is 4. The largest absolute Gasteiger partial charge is 0.464 e. The number of nitrogens with two attached hydrogens (primary N) is 1. The number of aryl methyl sites for hydroxylation is 1. The van der Waals surface area contributed by atoms with Crippen LogP contribution in [0.1, 0.15) is 18.0 Å². The highest BCUT2D eigenvalue weighted by atomic mass is 16.5. The molecular formula is C11H17N3O3. The molecular weight excluding hydrogens is 222 g/mol. The minimum atomic E-state index is -0.758. The molecule has 0 aromatic carbocycles. The first-order chi connectivity index (χ1) is 8.16. The SMILES string of the molecule is Cn1cc(C(N)C(=O)OCC2CCOC2)cn1. The molecule has 1 fully saturated rings. The number of nitrogens with zero attached hydrogens (tertiary/aromatic N) is 2. The van der Waals surface area contributed by atoms with Gasteiger partial charge in [0.15, 0.2) is 0 Å². The summed E-state index contributed by atoms with van der Waals surface area (Å²) in [4.78, 5) is 11.7. The molecule has 94 valence electrons. The number of carbonyl (C=O) groups is 1. The quantitative estimate of drug-likeness (QED) is 0.748. The first-order valence-corrected chi connectivity index (χ1v) is 5.65. The van der Waals surface area contributed by atoms with E-state index < -0.39 is 12.0 Å². The van der Waals surface area contributed by atoms with E-state index in [0.717, 1.165) is 13.0 Å². The Labute approximate surface area is 99.7 Å². The van der Waals surface area contributed by atoms with E-state index >= 15 is 0 Å². The average Bonchev–Trinajstić information content (AvgIpc) is 2.95. The Morgan fingerprint density at radius 1 is 1.82 bits per heavy atom. The lowest BCUT2D eigenvalue weighted by Gasteiger charge is -2.12. The monoisotopic (exact) mass is 239 g/mol. The van der Waals surface area contributed by atoms with Crippen molar-refractivity contribution in [2.75, 3.05) is 19.8 Å². The molecule has 2 atom stereocenters. The van der Waals surface area contributed by atoms with Gasteiger partial charge in [0.05, 0.1) is 19.4 Å². The second-order valence-corrected chi connectivity index (χ2v) is 4.28. The molecule has 6 nitrogen and oxygen atoms in total. The highest BCUT2D eigenvalue weighted by Crippen LogP contribution is 2.15. The van der Waals surface area contributed by atoms with E-state index in [0.29, 0.717) is 24.7 Å². The molecule has 1 saturated heterocycles. The third-order valence-corrected chi connectivity index (χ3v) is 2.82. The predicted molar refractivity (Wildman–Crippen MR) is 60.0 cm³/mol. The fraction of sp³-hybridized carbons (Fsp3) is 0.636. The maximum Gasteiger partial charge on any atom is 0.327 e. The molecule has 1 aliphatic rings. The molecule has 0 spiro atoms. The Morgan fingerprint density at radius 2 is 2.65 bits per heavy atom. The third kappa shape index (κ3) is 3.04. The van der Waals surface area contributed by atoms with Crippen molar-refractivity contribution in [2.45, 2.75) is 12.5 Å². The van der Waals surface area contributed by atoms with Crippen LogP contribution in [-0.2, 0) is 21.3 Å². The molecule has 2 N–H and O–H groups in total. The van der Waals surface area contributed by atoms with Crippen molar-refractivity contribution in [3.05, 3.63) is 18.0 Å². The molecule has 2 unspecified atom stereocenters. The summed E-state index contributed by atoms with van der Waals surface area (Å²) in [7, 11) is 1.78. The number of ether oxygens (including phenoxy) is 2. The first-order valence-electron chi connectivity index (χ1n) is 5.65. The minimum Gasteiger partial charge on any atom is -0.464 e. The van der Waals surface area contributed by atoms with E-state index in [2.05, 4.69) is 5.10 Å². The van der Waals surface area contributed by atoms with E-state index in [-0.39, 0.29) is 0 Å². The molecule has 1 aromatic rings. The Hall–Kier alpha value is -1.40. The van der Waals surface area contributed by atoms with E-state index in [1.807, 2.05) is 0 Å². The van der Waals surface area contributed by atoms with Gasteiger partial charge in [-0.2, -0.15) is 5.10 Å². The Bertz CT molecular complexity index is 385. The van der Waals surface area contributed by atoms with Crippen molar-refractivity contribution in [3.8, 4) is 0 Å². The number of esters is 1. The average molecular weight is 239 g/mol. The molecule has 0 amide bonds. The van der Waals surface area contributed by atoms with Crippen LogP contribution in [-0.4, -0.2) is 35.6 Å². The maximum absolute atomic E-state index is 11.7. The van der Waals surface area contributed by atoms with Crippen LogP contribution in [0.25, 0.3) is 0 Å². The second-order valence-electron chi connectivity index (χ2n) is 4.28. The van der Waals surface area contributed by atoms with Crippen molar-refractivity contribution < 1.29 is 14.3 Å². The zero-order chi connectivity index (χ0) is 12.3. The maximum atomic E-state index is 11.7. The standard InChI is InChI=1S/C11H17N3O3/c1-14-5-9(4-13-14)10(12)11(15)17-7-8-2-3-16-6-8/h4-5,8,10H,2-3,6-7,12H2,1H3. The Kier molecular flexibility index (Phi) is 3.75.